The topological polar surface area (TPSA) is 73.0 Å². The van der Waals surface area contributed by atoms with Gasteiger partial charge in [0.1, 0.15) is 5.82 Å². The highest BCUT2D eigenvalue weighted by Crippen LogP contribution is 2.18. The Morgan fingerprint density at radius 1 is 1.21 bits per heavy atom. The van der Waals surface area contributed by atoms with E-state index in [0.717, 1.165) is 6.20 Å². The van der Waals surface area contributed by atoms with Gasteiger partial charge in [-0.2, -0.15) is 13.9 Å². The van der Waals surface area contributed by atoms with Crippen LogP contribution in [0.3, 0.4) is 0 Å². The van der Waals surface area contributed by atoms with E-state index < -0.39 is 12.5 Å². The minimum atomic E-state index is -2.74. The van der Waals surface area contributed by atoms with Crippen LogP contribution in [-0.4, -0.2) is 37.2 Å². The van der Waals surface area contributed by atoms with E-state index in [1.54, 1.807) is 24.3 Å². The molecule has 0 aliphatic heterocycles. The van der Waals surface area contributed by atoms with Gasteiger partial charge in [0.25, 0.3) is 11.5 Å². The molecule has 1 amide bonds. The molecule has 0 atom stereocenters. The standard InChI is InChI=1S/C19H21F2N5O2/c1-12(2)10-26-17(27)14-7-5-4-6-13(14)16(23-26)18(28)24(3)11-15-22-8-9-25(15)19(20)21/h4-9,12,19H,10-11H2,1-3H3. The van der Waals surface area contributed by atoms with Crippen LogP contribution in [0, 0.1) is 5.92 Å². The van der Waals surface area contributed by atoms with E-state index in [2.05, 4.69) is 10.1 Å². The summed E-state index contributed by atoms with van der Waals surface area (Å²) in [6.45, 7) is 1.40. The van der Waals surface area contributed by atoms with Gasteiger partial charge in [0.05, 0.1) is 11.9 Å². The van der Waals surface area contributed by atoms with Crippen LogP contribution in [0.5, 0.6) is 0 Å². The van der Waals surface area contributed by atoms with Crippen molar-refractivity contribution in [3.8, 4) is 0 Å². The van der Waals surface area contributed by atoms with Gasteiger partial charge in [-0.05, 0) is 12.0 Å². The zero-order valence-electron chi connectivity index (χ0n) is 15.8. The van der Waals surface area contributed by atoms with Gasteiger partial charge in [0.15, 0.2) is 5.69 Å². The molecule has 0 unspecified atom stereocenters. The van der Waals surface area contributed by atoms with Crippen molar-refractivity contribution in [3.05, 3.63) is 58.5 Å². The second-order valence-electron chi connectivity index (χ2n) is 6.96. The molecule has 0 aliphatic carbocycles. The fourth-order valence-corrected chi connectivity index (χ4v) is 2.97. The fraction of sp³-hybridized carbons (Fsp3) is 0.368. The second-order valence-corrected chi connectivity index (χ2v) is 6.96. The minimum Gasteiger partial charge on any atom is -0.333 e. The van der Waals surface area contributed by atoms with Crippen molar-refractivity contribution in [2.75, 3.05) is 7.05 Å². The number of hydrogen-bond acceptors (Lipinski definition) is 4. The summed E-state index contributed by atoms with van der Waals surface area (Å²) in [4.78, 5) is 30.9. The highest BCUT2D eigenvalue weighted by molar-refractivity contribution is 6.04. The zero-order valence-corrected chi connectivity index (χ0v) is 15.8. The second kappa shape index (κ2) is 7.87. The Morgan fingerprint density at radius 2 is 1.89 bits per heavy atom. The molecule has 0 spiro atoms. The average Bonchev–Trinajstić information content (AvgIpc) is 3.11. The maximum Gasteiger partial charge on any atom is 0.319 e. The molecule has 0 bridgehead atoms. The van der Waals surface area contributed by atoms with Crippen LogP contribution in [0.2, 0.25) is 0 Å². The van der Waals surface area contributed by atoms with Gasteiger partial charge < -0.3 is 4.90 Å². The number of rotatable bonds is 6. The zero-order chi connectivity index (χ0) is 20.4. The lowest BCUT2D eigenvalue weighted by Crippen LogP contribution is -2.33. The fourth-order valence-electron chi connectivity index (χ4n) is 2.97. The molecule has 3 rings (SSSR count). The van der Waals surface area contributed by atoms with Crippen molar-refractivity contribution in [1.29, 1.82) is 0 Å². The molecule has 3 aromatic rings. The Balaban J connectivity index is 2.01. The van der Waals surface area contributed by atoms with Crippen molar-refractivity contribution in [3.63, 3.8) is 0 Å². The summed E-state index contributed by atoms with van der Waals surface area (Å²) < 4.78 is 28.1. The van der Waals surface area contributed by atoms with Crippen LogP contribution in [0.1, 0.15) is 36.7 Å². The largest absolute Gasteiger partial charge is 0.333 e. The first kappa shape index (κ1) is 19.7. The van der Waals surface area contributed by atoms with Crippen LogP contribution in [0.25, 0.3) is 10.8 Å². The van der Waals surface area contributed by atoms with Gasteiger partial charge in [-0.15, -0.1) is 0 Å². The molecule has 0 saturated heterocycles. The molecule has 9 heteroatoms. The molecule has 2 aromatic heterocycles. The summed E-state index contributed by atoms with van der Waals surface area (Å²) in [6.07, 6.45) is 2.42. The molecule has 0 saturated carbocycles. The molecular weight excluding hydrogens is 368 g/mol. The van der Waals surface area contributed by atoms with Gasteiger partial charge in [-0.25, -0.2) is 9.67 Å². The normalized spacial score (nSPS) is 11.5. The number of benzene rings is 1. The Morgan fingerprint density at radius 3 is 2.54 bits per heavy atom. The molecule has 0 fully saturated rings. The van der Waals surface area contributed by atoms with Crippen molar-refractivity contribution in [2.24, 2.45) is 5.92 Å². The number of hydrogen-bond donors (Lipinski definition) is 0. The first-order valence-electron chi connectivity index (χ1n) is 8.84. The molecule has 2 heterocycles. The third kappa shape index (κ3) is 3.78. The third-order valence-corrected chi connectivity index (χ3v) is 4.29. The van der Waals surface area contributed by atoms with E-state index in [9.17, 15) is 18.4 Å². The van der Waals surface area contributed by atoms with Crippen LogP contribution >= 0.6 is 0 Å². The molecule has 0 N–H and O–H groups in total. The summed E-state index contributed by atoms with van der Waals surface area (Å²) in [5.41, 5.74) is -0.162. The number of amides is 1. The Hall–Kier alpha value is -3.10. The Labute approximate surface area is 160 Å². The maximum atomic E-state index is 13.0. The van der Waals surface area contributed by atoms with E-state index >= 15 is 0 Å². The summed E-state index contributed by atoms with van der Waals surface area (Å²) in [5, 5.41) is 5.11. The molecule has 28 heavy (non-hydrogen) atoms. The maximum absolute atomic E-state index is 13.0. The lowest BCUT2D eigenvalue weighted by atomic mass is 10.1. The number of imidazole rings is 1. The summed E-state index contributed by atoms with van der Waals surface area (Å²) in [7, 11) is 1.49. The smallest absolute Gasteiger partial charge is 0.319 e. The van der Waals surface area contributed by atoms with Gasteiger partial charge >= 0.3 is 6.55 Å². The van der Waals surface area contributed by atoms with Crippen molar-refractivity contribution in [2.45, 2.75) is 33.5 Å². The van der Waals surface area contributed by atoms with Gasteiger partial charge in [-0.3, -0.25) is 14.2 Å². The highest BCUT2D eigenvalue weighted by Gasteiger charge is 2.22. The minimum absolute atomic E-state index is 0.0608. The van der Waals surface area contributed by atoms with E-state index in [1.807, 2.05) is 13.8 Å². The highest BCUT2D eigenvalue weighted by atomic mass is 19.3. The monoisotopic (exact) mass is 389 g/mol. The number of aromatic nitrogens is 4. The van der Waals surface area contributed by atoms with Crippen LogP contribution in [0.15, 0.2) is 41.5 Å². The molecule has 0 radical (unpaired) electrons. The van der Waals surface area contributed by atoms with E-state index in [-0.39, 0.29) is 29.5 Å². The number of nitrogens with zero attached hydrogens (tertiary/aromatic N) is 5. The van der Waals surface area contributed by atoms with Crippen LogP contribution in [-0.2, 0) is 13.1 Å². The average molecular weight is 389 g/mol. The van der Waals surface area contributed by atoms with Crippen LogP contribution in [0.4, 0.5) is 8.78 Å². The van der Waals surface area contributed by atoms with Gasteiger partial charge in [0, 0.05) is 31.4 Å². The lowest BCUT2D eigenvalue weighted by Gasteiger charge is -2.19. The van der Waals surface area contributed by atoms with Crippen molar-refractivity contribution < 1.29 is 13.6 Å². The lowest BCUT2D eigenvalue weighted by molar-refractivity contribution is 0.0611. The number of alkyl halides is 2. The summed E-state index contributed by atoms with van der Waals surface area (Å²) in [6, 6.07) is 6.75. The quantitative estimate of drug-likeness (QED) is 0.650. The number of carbonyl (C=O) groups excluding carboxylic acids is 1. The van der Waals surface area contributed by atoms with E-state index in [4.69, 9.17) is 0 Å². The molecule has 7 nitrogen and oxygen atoms in total. The number of fused-ring (bicyclic) bond motifs is 1. The summed E-state index contributed by atoms with van der Waals surface area (Å²) >= 11 is 0. The third-order valence-electron chi connectivity index (χ3n) is 4.29. The summed E-state index contributed by atoms with van der Waals surface area (Å²) in [5.74, 6) is -0.256. The predicted molar refractivity (Wildman–Crippen MR) is 100 cm³/mol. The van der Waals surface area contributed by atoms with Crippen molar-refractivity contribution in [1.82, 2.24) is 24.2 Å². The van der Waals surface area contributed by atoms with Gasteiger partial charge in [0.2, 0.25) is 0 Å². The van der Waals surface area contributed by atoms with E-state index in [1.165, 1.54) is 22.8 Å². The van der Waals surface area contributed by atoms with E-state index in [0.29, 0.717) is 21.9 Å². The predicted octanol–water partition coefficient (Wildman–Crippen LogP) is 2.92. The number of carbonyl (C=O) groups is 1. The molecule has 0 aliphatic rings. The Kier molecular flexibility index (Phi) is 5.53. The first-order chi connectivity index (χ1) is 13.3. The van der Waals surface area contributed by atoms with Crippen LogP contribution < -0.4 is 5.56 Å². The molecule has 148 valence electrons. The van der Waals surface area contributed by atoms with Gasteiger partial charge in [-0.1, -0.05) is 32.0 Å². The Bertz CT molecular complexity index is 1060. The SMILES string of the molecule is CC(C)Cn1nc(C(=O)N(C)Cc2nccn2C(F)F)c2ccccc2c1=O. The first-order valence-corrected chi connectivity index (χ1v) is 8.84. The molecule has 1 aromatic carbocycles. The molecular formula is C19H21F2N5O2. The van der Waals surface area contributed by atoms with Crippen molar-refractivity contribution >= 4 is 16.7 Å². The number of halogens is 2.